The molecule has 1 fully saturated rings. The summed E-state index contributed by atoms with van der Waals surface area (Å²) in [5, 5.41) is 10.9. The number of anilines is 3. The highest BCUT2D eigenvalue weighted by atomic mass is 16.2. The SMILES string of the molecule is O=C(CC[C@H]1NC(=O)c2ccccc2NC1=O)Nc1ccc2c(c1)C(=O)N1CCC[C@@H]1C(=O)N2. The maximum atomic E-state index is 13.0. The smallest absolute Gasteiger partial charge is 0.256 e. The topological polar surface area (TPSA) is 137 Å². The van der Waals surface area contributed by atoms with Gasteiger partial charge < -0.3 is 26.2 Å². The zero-order valence-electron chi connectivity index (χ0n) is 18.2. The first-order chi connectivity index (χ1) is 16.4. The van der Waals surface area contributed by atoms with Gasteiger partial charge in [0.15, 0.2) is 0 Å². The Balaban J connectivity index is 1.24. The largest absolute Gasteiger partial charge is 0.340 e. The summed E-state index contributed by atoms with van der Waals surface area (Å²) < 4.78 is 0. The lowest BCUT2D eigenvalue weighted by Crippen LogP contribution is -2.41. The first-order valence-corrected chi connectivity index (χ1v) is 11.2. The molecule has 0 radical (unpaired) electrons. The predicted molar refractivity (Wildman–Crippen MR) is 123 cm³/mol. The van der Waals surface area contributed by atoms with Crippen molar-refractivity contribution in [2.24, 2.45) is 0 Å². The summed E-state index contributed by atoms with van der Waals surface area (Å²) in [5.41, 5.74) is 1.94. The fourth-order valence-electron chi connectivity index (χ4n) is 4.57. The number of nitrogens with zero attached hydrogens (tertiary/aromatic N) is 1. The molecule has 10 nitrogen and oxygen atoms in total. The van der Waals surface area contributed by atoms with Crippen molar-refractivity contribution in [1.29, 1.82) is 0 Å². The second-order valence-electron chi connectivity index (χ2n) is 8.55. The number of para-hydroxylation sites is 1. The van der Waals surface area contributed by atoms with Crippen molar-refractivity contribution in [1.82, 2.24) is 10.2 Å². The molecule has 0 bridgehead atoms. The van der Waals surface area contributed by atoms with Gasteiger partial charge in [0, 0.05) is 18.7 Å². The van der Waals surface area contributed by atoms with Gasteiger partial charge in [0.1, 0.15) is 12.1 Å². The highest BCUT2D eigenvalue weighted by molar-refractivity contribution is 6.11. The lowest BCUT2D eigenvalue weighted by Gasteiger charge is -2.20. The summed E-state index contributed by atoms with van der Waals surface area (Å²) >= 11 is 0. The van der Waals surface area contributed by atoms with Gasteiger partial charge >= 0.3 is 0 Å². The van der Waals surface area contributed by atoms with E-state index in [-0.39, 0.29) is 36.5 Å². The molecule has 2 atom stereocenters. The molecular weight excluding hydrogens is 438 g/mol. The van der Waals surface area contributed by atoms with Gasteiger partial charge in [-0.2, -0.15) is 0 Å². The van der Waals surface area contributed by atoms with Crippen LogP contribution in [-0.2, 0) is 14.4 Å². The molecule has 5 rings (SSSR count). The zero-order chi connectivity index (χ0) is 23.8. The Morgan fingerprint density at radius 1 is 0.971 bits per heavy atom. The van der Waals surface area contributed by atoms with Crippen molar-refractivity contribution in [2.75, 3.05) is 22.5 Å². The molecule has 2 aromatic carbocycles. The summed E-state index contributed by atoms with van der Waals surface area (Å²) in [4.78, 5) is 64.5. The van der Waals surface area contributed by atoms with Crippen LogP contribution in [0.4, 0.5) is 17.1 Å². The van der Waals surface area contributed by atoms with Crippen LogP contribution in [0, 0.1) is 0 Å². The summed E-state index contributed by atoms with van der Waals surface area (Å²) in [6.07, 6.45) is 1.48. The Kier molecular flexibility index (Phi) is 5.48. The molecule has 2 aromatic rings. The number of benzene rings is 2. The number of amides is 5. The molecule has 4 N–H and O–H groups in total. The fraction of sp³-hybridized carbons (Fsp3) is 0.292. The van der Waals surface area contributed by atoms with Crippen LogP contribution in [-0.4, -0.2) is 53.1 Å². The molecule has 0 saturated carbocycles. The Morgan fingerprint density at radius 3 is 2.59 bits per heavy atom. The van der Waals surface area contributed by atoms with E-state index in [1.165, 1.54) is 0 Å². The van der Waals surface area contributed by atoms with Crippen LogP contribution in [0.15, 0.2) is 42.5 Å². The summed E-state index contributed by atoms with van der Waals surface area (Å²) in [5.74, 6) is -1.59. The number of rotatable bonds is 4. The minimum atomic E-state index is -0.860. The van der Waals surface area contributed by atoms with Crippen LogP contribution >= 0.6 is 0 Å². The molecule has 3 aliphatic heterocycles. The number of carbonyl (C=O) groups is 5. The molecule has 174 valence electrons. The molecule has 5 amide bonds. The van der Waals surface area contributed by atoms with Gasteiger partial charge in [0.05, 0.1) is 22.5 Å². The lowest BCUT2D eigenvalue weighted by molar-refractivity contribution is -0.120. The van der Waals surface area contributed by atoms with Crippen LogP contribution < -0.4 is 21.3 Å². The molecule has 1 saturated heterocycles. The maximum absolute atomic E-state index is 13.0. The summed E-state index contributed by atoms with van der Waals surface area (Å²) in [6, 6.07) is 10.1. The molecule has 3 heterocycles. The normalized spacial score (nSPS) is 21.2. The average molecular weight is 461 g/mol. The van der Waals surface area contributed by atoms with Crippen LogP contribution in [0.1, 0.15) is 46.4 Å². The minimum Gasteiger partial charge on any atom is -0.340 e. The molecule has 0 aliphatic carbocycles. The van der Waals surface area contributed by atoms with E-state index in [1.807, 2.05) is 0 Å². The van der Waals surface area contributed by atoms with Gasteiger partial charge in [0.2, 0.25) is 17.7 Å². The molecule has 3 aliphatic rings. The van der Waals surface area contributed by atoms with Crippen LogP contribution in [0.2, 0.25) is 0 Å². The molecule has 0 unspecified atom stereocenters. The number of hydrogen-bond donors (Lipinski definition) is 4. The van der Waals surface area contributed by atoms with E-state index < -0.39 is 18.0 Å². The second kappa shape index (κ2) is 8.62. The van der Waals surface area contributed by atoms with E-state index >= 15 is 0 Å². The van der Waals surface area contributed by atoms with E-state index in [2.05, 4.69) is 21.3 Å². The Bertz CT molecular complexity index is 1230. The molecule has 10 heteroatoms. The van der Waals surface area contributed by atoms with E-state index in [4.69, 9.17) is 0 Å². The summed E-state index contributed by atoms with van der Waals surface area (Å²) in [6.45, 7) is 0.520. The first-order valence-electron chi connectivity index (χ1n) is 11.2. The number of carbonyl (C=O) groups excluding carboxylic acids is 5. The monoisotopic (exact) mass is 461 g/mol. The van der Waals surface area contributed by atoms with Gasteiger partial charge in [0.25, 0.3) is 11.8 Å². The molecule has 0 aromatic heterocycles. The standard InChI is InChI=1S/C24H23N5O5/c30-20(10-9-18-22(32)26-16-5-2-1-4-14(16)21(31)28-18)25-13-7-8-17-15(12-13)24(34)29-11-3-6-19(29)23(33)27-17/h1-2,4-5,7-8,12,18-19H,3,6,9-11H2,(H,25,30)(H,26,32)(H,27,33)(H,28,31)/t18-,19-/m1/s1. The van der Waals surface area contributed by atoms with Crippen LogP contribution in [0.25, 0.3) is 0 Å². The van der Waals surface area contributed by atoms with Crippen molar-refractivity contribution >= 4 is 46.6 Å². The van der Waals surface area contributed by atoms with Crippen LogP contribution in [0.3, 0.4) is 0 Å². The van der Waals surface area contributed by atoms with E-state index in [1.54, 1.807) is 47.4 Å². The molecule has 34 heavy (non-hydrogen) atoms. The van der Waals surface area contributed by atoms with Crippen molar-refractivity contribution < 1.29 is 24.0 Å². The number of fused-ring (bicyclic) bond motifs is 3. The minimum absolute atomic E-state index is 0.0231. The van der Waals surface area contributed by atoms with Crippen molar-refractivity contribution in [3.05, 3.63) is 53.6 Å². The highest BCUT2D eigenvalue weighted by Gasteiger charge is 2.38. The van der Waals surface area contributed by atoms with Gasteiger partial charge in [-0.3, -0.25) is 24.0 Å². The average Bonchev–Trinajstić information content (AvgIpc) is 3.24. The third-order valence-corrected chi connectivity index (χ3v) is 6.32. The van der Waals surface area contributed by atoms with Crippen molar-refractivity contribution in [2.45, 2.75) is 37.8 Å². The summed E-state index contributed by atoms with van der Waals surface area (Å²) in [7, 11) is 0. The van der Waals surface area contributed by atoms with E-state index in [9.17, 15) is 24.0 Å². The Labute approximate surface area is 195 Å². The van der Waals surface area contributed by atoms with Gasteiger partial charge in [-0.05, 0) is 49.6 Å². The maximum Gasteiger partial charge on any atom is 0.256 e. The fourth-order valence-corrected chi connectivity index (χ4v) is 4.57. The van der Waals surface area contributed by atoms with Crippen LogP contribution in [0.5, 0.6) is 0 Å². The number of hydrogen-bond acceptors (Lipinski definition) is 5. The predicted octanol–water partition coefficient (Wildman–Crippen LogP) is 1.71. The first kappa shape index (κ1) is 21.6. The van der Waals surface area contributed by atoms with Gasteiger partial charge in [-0.25, -0.2) is 0 Å². The van der Waals surface area contributed by atoms with Gasteiger partial charge in [-0.15, -0.1) is 0 Å². The lowest BCUT2D eigenvalue weighted by atomic mass is 10.1. The van der Waals surface area contributed by atoms with Crippen molar-refractivity contribution in [3.8, 4) is 0 Å². The third-order valence-electron chi connectivity index (χ3n) is 6.32. The quantitative estimate of drug-likeness (QED) is 0.550. The highest BCUT2D eigenvalue weighted by Crippen LogP contribution is 2.30. The van der Waals surface area contributed by atoms with Crippen molar-refractivity contribution in [3.63, 3.8) is 0 Å². The zero-order valence-corrected chi connectivity index (χ0v) is 18.2. The Hall–Kier alpha value is -4.21. The number of nitrogens with one attached hydrogen (secondary N) is 4. The third kappa shape index (κ3) is 3.98. The Morgan fingerprint density at radius 2 is 1.74 bits per heavy atom. The second-order valence-corrected chi connectivity index (χ2v) is 8.55. The molecular formula is C24H23N5O5. The van der Waals surface area contributed by atoms with Gasteiger partial charge in [-0.1, -0.05) is 12.1 Å². The van der Waals surface area contributed by atoms with E-state index in [0.717, 1.165) is 6.42 Å². The molecule has 0 spiro atoms. The van der Waals surface area contributed by atoms with E-state index in [0.29, 0.717) is 41.2 Å².